The average molecular weight is 312 g/mol. The van der Waals surface area contributed by atoms with Crippen LogP contribution in [0.5, 0.6) is 5.75 Å². The monoisotopic (exact) mass is 312 g/mol. The van der Waals surface area contributed by atoms with Crippen molar-refractivity contribution in [3.05, 3.63) is 75.4 Å². The third-order valence-corrected chi connectivity index (χ3v) is 3.89. The van der Waals surface area contributed by atoms with E-state index in [0.717, 1.165) is 17.5 Å². The molecule has 0 spiro atoms. The van der Waals surface area contributed by atoms with Crippen molar-refractivity contribution in [2.24, 2.45) is 0 Å². The Morgan fingerprint density at radius 3 is 2.61 bits per heavy atom. The predicted molar refractivity (Wildman–Crippen MR) is 87.3 cm³/mol. The minimum atomic E-state index is -0.699. The molecular formula is C19H17FO3. The maximum atomic E-state index is 14.2. The highest BCUT2D eigenvalue weighted by molar-refractivity contribution is 5.85. The first-order chi connectivity index (χ1) is 11.1. The number of rotatable bonds is 4. The zero-order chi connectivity index (χ0) is 16.4. The van der Waals surface area contributed by atoms with E-state index in [4.69, 9.17) is 4.42 Å². The van der Waals surface area contributed by atoms with E-state index in [1.54, 1.807) is 0 Å². The van der Waals surface area contributed by atoms with Crippen LogP contribution in [0.3, 0.4) is 0 Å². The fraction of sp³-hybridized carbons (Fsp3) is 0.211. The Kier molecular flexibility index (Phi) is 4.15. The molecule has 0 saturated heterocycles. The zero-order valence-electron chi connectivity index (χ0n) is 12.8. The molecule has 1 N–H and O–H groups in total. The first kappa shape index (κ1) is 15.3. The number of hydrogen-bond donors (Lipinski definition) is 1. The van der Waals surface area contributed by atoms with Gasteiger partial charge in [0, 0.05) is 23.4 Å². The van der Waals surface area contributed by atoms with Crippen molar-refractivity contribution in [2.45, 2.75) is 26.2 Å². The summed E-state index contributed by atoms with van der Waals surface area (Å²) in [6.45, 7) is 1.99. The number of aromatic hydroxyl groups is 1. The second kappa shape index (κ2) is 6.24. The topological polar surface area (TPSA) is 50.4 Å². The van der Waals surface area contributed by atoms with Crippen molar-refractivity contribution < 1.29 is 13.9 Å². The smallest absolute Gasteiger partial charge is 0.336 e. The van der Waals surface area contributed by atoms with Gasteiger partial charge >= 0.3 is 5.63 Å². The molecule has 4 heteroatoms. The van der Waals surface area contributed by atoms with Crippen LogP contribution in [0.4, 0.5) is 4.39 Å². The number of phenolic OH excluding ortho intramolecular Hbond substituents is 1. The molecule has 3 nitrogen and oxygen atoms in total. The van der Waals surface area contributed by atoms with Crippen molar-refractivity contribution in [1.29, 1.82) is 0 Å². The van der Waals surface area contributed by atoms with E-state index in [1.807, 2.05) is 37.3 Å². The Morgan fingerprint density at radius 2 is 1.91 bits per heavy atom. The maximum absolute atomic E-state index is 14.2. The zero-order valence-corrected chi connectivity index (χ0v) is 12.8. The van der Waals surface area contributed by atoms with Gasteiger partial charge in [-0.15, -0.1) is 0 Å². The van der Waals surface area contributed by atoms with Crippen molar-refractivity contribution >= 4 is 11.0 Å². The van der Waals surface area contributed by atoms with Crippen LogP contribution in [0.2, 0.25) is 0 Å². The molecule has 0 atom stereocenters. The standard InChI is InChI=1S/C19H17FO3/c1-2-6-13-10-17(21)23-19-14(13)11-16(20)18(22)15(19)9-12-7-4-3-5-8-12/h3-5,7-8,10-11,22H,2,6,9H2,1H3. The predicted octanol–water partition coefficient (Wildman–Crippen LogP) is 4.18. The van der Waals surface area contributed by atoms with Gasteiger partial charge in [0.25, 0.3) is 0 Å². The number of fused-ring (bicyclic) bond motifs is 1. The van der Waals surface area contributed by atoms with Gasteiger partial charge < -0.3 is 9.52 Å². The molecule has 0 radical (unpaired) electrons. The third-order valence-electron chi connectivity index (χ3n) is 3.89. The van der Waals surface area contributed by atoms with Crippen LogP contribution < -0.4 is 5.63 Å². The van der Waals surface area contributed by atoms with Crippen LogP contribution in [0, 0.1) is 5.82 Å². The van der Waals surface area contributed by atoms with E-state index in [9.17, 15) is 14.3 Å². The van der Waals surface area contributed by atoms with Gasteiger partial charge in [0.2, 0.25) is 0 Å². The summed E-state index contributed by atoms with van der Waals surface area (Å²) in [6.07, 6.45) is 1.77. The molecular weight excluding hydrogens is 295 g/mol. The van der Waals surface area contributed by atoms with E-state index in [2.05, 4.69) is 0 Å². The fourth-order valence-corrected chi connectivity index (χ4v) is 2.82. The number of hydrogen-bond acceptors (Lipinski definition) is 3. The molecule has 1 aromatic heterocycles. The summed E-state index contributed by atoms with van der Waals surface area (Å²) < 4.78 is 19.5. The molecule has 0 aliphatic carbocycles. The lowest BCUT2D eigenvalue weighted by Crippen LogP contribution is -2.04. The van der Waals surface area contributed by atoms with Gasteiger partial charge in [-0.1, -0.05) is 43.7 Å². The quantitative estimate of drug-likeness (QED) is 0.735. The van der Waals surface area contributed by atoms with E-state index in [-0.39, 0.29) is 5.58 Å². The molecule has 23 heavy (non-hydrogen) atoms. The van der Waals surface area contributed by atoms with Crippen molar-refractivity contribution in [2.75, 3.05) is 0 Å². The normalized spacial score (nSPS) is 11.0. The Balaban J connectivity index is 2.27. The fourth-order valence-electron chi connectivity index (χ4n) is 2.82. The Labute approximate surface area is 133 Å². The number of phenols is 1. The summed E-state index contributed by atoms with van der Waals surface area (Å²) in [7, 11) is 0. The van der Waals surface area contributed by atoms with Gasteiger partial charge in [0.05, 0.1) is 0 Å². The lowest BCUT2D eigenvalue weighted by atomic mass is 9.98. The van der Waals surface area contributed by atoms with E-state index in [0.29, 0.717) is 23.8 Å². The summed E-state index contributed by atoms with van der Waals surface area (Å²) in [6, 6.07) is 12.0. The summed E-state index contributed by atoms with van der Waals surface area (Å²) >= 11 is 0. The Hall–Kier alpha value is -2.62. The molecule has 0 aliphatic rings. The molecule has 3 rings (SSSR count). The molecule has 0 amide bonds. The highest BCUT2D eigenvalue weighted by Crippen LogP contribution is 2.33. The molecule has 118 valence electrons. The van der Waals surface area contributed by atoms with E-state index in [1.165, 1.54) is 12.1 Å². The minimum Gasteiger partial charge on any atom is -0.505 e. The molecule has 1 heterocycles. The van der Waals surface area contributed by atoms with Gasteiger partial charge in [-0.2, -0.15) is 0 Å². The summed E-state index contributed by atoms with van der Waals surface area (Å²) in [5, 5.41) is 10.7. The van der Waals surface area contributed by atoms with Gasteiger partial charge in [-0.3, -0.25) is 0 Å². The molecule has 2 aromatic carbocycles. The Bertz CT molecular complexity index is 898. The highest BCUT2D eigenvalue weighted by Gasteiger charge is 2.18. The SMILES string of the molecule is CCCc1cc(=O)oc2c(Cc3ccccc3)c(O)c(F)cc12. The van der Waals surface area contributed by atoms with Crippen molar-refractivity contribution in [1.82, 2.24) is 0 Å². The van der Waals surface area contributed by atoms with Gasteiger partial charge in [0.15, 0.2) is 11.6 Å². The van der Waals surface area contributed by atoms with Crippen LogP contribution in [0.25, 0.3) is 11.0 Å². The largest absolute Gasteiger partial charge is 0.505 e. The first-order valence-electron chi connectivity index (χ1n) is 7.61. The summed E-state index contributed by atoms with van der Waals surface area (Å²) in [4.78, 5) is 11.8. The van der Waals surface area contributed by atoms with Crippen LogP contribution in [0.1, 0.15) is 30.0 Å². The average Bonchev–Trinajstić information content (AvgIpc) is 2.54. The number of aryl methyl sites for hydroxylation is 1. The first-order valence-corrected chi connectivity index (χ1v) is 7.61. The molecule has 0 bridgehead atoms. The van der Waals surface area contributed by atoms with Crippen LogP contribution >= 0.6 is 0 Å². The number of halogens is 1. The van der Waals surface area contributed by atoms with Crippen LogP contribution in [0.15, 0.2) is 51.7 Å². The molecule has 0 fully saturated rings. The van der Waals surface area contributed by atoms with E-state index < -0.39 is 17.2 Å². The number of benzene rings is 2. The van der Waals surface area contributed by atoms with E-state index >= 15 is 0 Å². The second-order valence-electron chi connectivity index (χ2n) is 5.57. The summed E-state index contributed by atoms with van der Waals surface area (Å²) in [5.74, 6) is -1.16. The molecule has 0 saturated carbocycles. The van der Waals surface area contributed by atoms with Crippen LogP contribution in [-0.4, -0.2) is 5.11 Å². The van der Waals surface area contributed by atoms with Crippen LogP contribution in [-0.2, 0) is 12.8 Å². The van der Waals surface area contributed by atoms with Crippen molar-refractivity contribution in [3.8, 4) is 5.75 Å². The molecule has 3 aromatic rings. The van der Waals surface area contributed by atoms with Crippen molar-refractivity contribution in [3.63, 3.8) is 0 Å². The van der Waals surface area contributed by atoms with Gasteiger partial charge in [-0.05, 0) is 23.6 Å². The maximum Gasteiger partial charge on any atom is 0.336 e. The third kappa shape index (κ3) is 2.97. The molecule has 0 unspecified atom stereocenters. The summed E-state index contributed by atoms with van der Waals surface area (Å²) in [5.41, 5.74) is 1.73. The van der Waals surface area contributed by atoms with Gasteiger partial charge in [-0.25, -0.2) is 9.18 Å². The lowest BCUT2D eigenvalue weighted by molar-refractivity contribution is 0.425. The molecule has 0 aliphatic heterocycles. The minimum absolute atomic E-state index is 0.267. The lowest BCUT2D eigenvalue weighted by Gasteiger charge is -2.11. The van der Waals surface area contributed by atoms with Gasteiger partial charge in [0.1, 0.15) is 5.58 Å². The second-order valence-corrected chi connectivity index (χ2v) is 5.57. The highest BCUT2D eigenvalue weighted by atomic mass is 19.1. The Morgan fingerprint density at radius 1 is 1.17 bits per heavy atom.